The van der Waals surface area contributed by atoms with Gasteiger partial charge in [0.1, 0.15) is 0 Å². The lowest BCUT2D eigenvalue weighted by Crippen LogP contribution is -2.15. The average molecular weight is 325 g/mol. The van der Waals surface area contributed by atoms with Crippen molar-refractivity contribution in [3.8, 4) is 0 Å². The molecule has 96 valence electrons. The molecule has 17 heavy (non-hydrogen) atoms. The molecule has 0 spiro atoms. The molecule has 1 heterocycles. The molecule has 6 nitrogen and oxygen atoms in total. The Morgan fingerprint density at radius 3 is 2.35 bits per heavy atom. The van der Waals surface area contributed by atoms with Crippen LogP contribution in [0.4, 0.5) is 0 Å². The molecular formula is C9H13BrN2O4S. The van der Waals surface area contributed by atoms with Gasteiger partial charge in [0.2, 0.25) is 10.0 Å². The van der Waals surface area contributed by atoms with Gasteiger partial charge in [0, 0.05) is 0 Å². The molecule has 0 amide bonds. The number of ether oxygens (including phenoxy) is 1. The first kappa shape index (κ1) is 14.2. The Kier molecular flexibility index (Phi) is 3.98. The average Bonchev–Trinajstić information content (AvgIpc) is 2.39. The zero-order chi connectivity index (χ0) is 13.4. The summed E-state index contributed by atoms with van der Waals surface area (Å²) in [4.78, 5) is 15.5. The second kappa shape index (κ2) is 4.77. The maximum atomic E-state index is 11.7. The molecule has 1 aromatic heterocycles. The highest BCUT2D eigenvalue weighted by Gasteiger charge is 2.24. The minimum Gasteiger partial charge on any atom is -0.458 e. The molecule has 0 aromatic carbocycles. The zero-order valence-electron chi connectivity index (χ0n) is 9.89. The normalized spacial score (nSPS) is 11.9. The number of rotatable bonds is 3. The Balaban J connectivity index is 3.27. The van der Waals surface area contributed by atoms with Gasteiger partial charge >= 0.3 is 5.97 Å². The fourth-order valence-corrected chi connectivity index (χ4v) is 3.43. The van der Waals surface area contributed by atoms with Gasteiger partial charge in [-0.05, 0) is 36.7 Å². The Hall–Kier alpha value is -0.890. The molecule has 0 unspecified atom stereocenters. The number of aromatic nitrogens is 2. The lowest BCUT2D eigenvalue weighted by molar-refractivity contribution is 0.0370. The van der Waals surface area contributed by atoms with Crippen molar-refractivity contribution in [1.82, 2.24) is 8.96 Å². The number of nitrogens with zero attached hydrogens (tertiary/aromatic N) is 2. The van der Waals surface area contributed by atoms with Crippen molar-refractivity contribution in [2.45, 2.75) is 26.9 Å². The van der Waals surface area contributed by atoms with E-state index in [1.807, 2.05) is 0 Å². The maximum absolute atomic E-state index is 11.7. The smallest absolute Gasteiger partial charge is 0.359 e. The van der Waals surface area contributed by atoms with Crippen LogP contribution in [0.15, 0.2) is 4.73 Å². The van der Waals surface area contributed by atoms with Crippen LogP contribution >= 0.6 is 15.9 Å². The van der Waals surface area contributed by atoms with Gasteiger partial charge < -0.3 is 4.74 Å². The third kappa shape index (κ3) is 3.06. The van der Waals surface area contributed by atoms with Crippen molar-refractivity contribution in [3.63, 3.8) is 0 Å². The standard InChI is InChI=1S/C9H13BrN2O4S/c1-5(2)16-8(13)7-6(3)12(9(10)11-7)17(4,14)15/h5H,1-4H3. The van der Waals surface area contributed by atoms with E-state index in [1.54, 1.807) is 13.8 Å². The summed E-state index contributed by atoms with van der Waals surface area (Å²) in [6.07, 6.45) is 0.744. The van der Waals surface area contributed by atoms with Gasteiger partial charge in [0.25, 0.3) is 0 Å². The molecule has 0 aliphatic rings. The Morgan fingerprint density at radius 1 is 1.47 bits per heavy atom. The number of hydrogen-bond acceptors (Lipinski definition) is 5. The molecule has 0 saturated heterocycles. The Labute approximate surface area is 108 Å². The predicted molar refractivity (Wildman–Crippen MR) is 65.5 cm³/mol. The van der Waals surface area contributed by atoms with Gasteiger partial charge in [0.15, 0.2) is 10.4 Å². The molecule has 0 fully saturated rings. The second-order valence-corrected chi connectivity index (χ2v) is 6.34. The highest BCUT2D eigenvalue weighted by Crippen LogP contribution is 2.19. The van der Waals surface area contributed by atoms with E-state index in [9.17, 15) is 13.2 Å². The van der Waals surface area contributed by atoms with Crippen molar-refractivity contribution in [2.24, 2.45) is 0 Å². The van der Waals surface area contributed by atoms with Gasteiger partial charge in [-0.1, -0.05) is 0 Å². The van der Waals surface area contributed by atoms with Gasteiger partial charge in [-0.15, -0.1) is 0 Å². The lowest BCUT2D eigenvalue weighted by Gasteiger charge is -2.07. The van der Waals surface area contributed by atoms with E-state index in [-0.39, 0.29) is 22.2 Å². The molecule has 0 N–H and O–H groups in total. The Morgan fingerprint density at radius 2 is 2.00 bits per heavy atom. The first-order valence-corrected chi connectivity index (χ1v) is 7.45. The summed E-state index contributed by atoms with van der Waals surface area (Å²) in [6, 6.07) is 0. The fourth-order valence-electron chi connectivity index (χ4n) is 1.30. The zero-order valence-corrected chi connectivity index (χ0v) is 12.3. The van der Waals surface area contributed by atoms with Gasteiger partial charge in [-0.3, -0.25) is 0 Å². The molecule has 0 aliphatic carbocycles. The largest absolute Gasteiger partial charge is 0.458 e. The number of halogens is 1. The van der Waals surface area contributed by atoms with Crippen LogP contribution in [-0.2, 0) is 14.8 Å². The van der Waals surface area contributed by atoms with Gasteiger partial charge in [-0.2, -0.15) is 0 Å². The quantitative estimate of drug-likeness (QED) is 0.784. The van der Waals surface area contributed by atoms with E-state index >= 15 is 0 Å². The van der Waals surface area contributed by atoms with Crippen molar-refractivity contribution >= 4 is 31.9 Å². The summed E-state index contributed by atoms with van der Waals surface area (Å²) in [5.74, 6) is -0.638. The molecule has 1 aromatic rings. The van der Waals surface area contributed by atoms with Crippen molar-refractivity contribution < 1.29 is 17.9 Å². The number of imidazole rings is 1. The van der Waals surface area contributed by atoms with Gasteiger partial charge in [-0.25, -0.2) is 22.2 Å². The first-order chi connectivity index (χ1) is 7.64. The van der Waals surface area contributed by atoms with E-state index < -0.39 is 16.0 Å². The molecule has 0 saturated carbocycles. The minimum atomic E-state index is -3.51. The second-order valence-electron chi connectivity index (χ2n) is 3.80. The van der Waals surface area contributed by atoms with Crippen molar-refractivity contribution in [3.05, 3.63) is 16.1 Å². The molecule has 1 rings (SSSR count). The fraction of sp³-hybridized carbons (Fsp3) is 0.556. The van der Waals surface area contributed by atoms with Crippen LogP contribution in [0.5, 0.6) is 0 Å². The highest BCUT2D eigenvalue weighted by molar-refractivity contribution is 9.10. The third-order valence-corrected chi connectivity index (χ3v) is 3.76. The van der Waals surface area contributed by atoms with E-state index in [4.69, 9.17) is 4.74 Å². The summed E-state index contributed by atoms with van der Waals surface area (Å²) in [7, 11) is -3.51. The minimum absolute atomic E-state index is 0.00370. The summed E-state index contributed by atoms with van der Waals surface area (Å²) in [6.45, 7) is 4.90. The summed E-state index contributed by atoms with van der Waals surface area (Å²) >= 11 is 3.00. The summed E-state index contributed by atoms with van der Waals surface area (Å²) in [5, 5.41) is 0. The molecule has 0 bridgehead atoms. The molecule has 0 atom stereocenters. The predicted octanol–water partition coefficient (Wildman–Crippen LogP) is 1.33. The number of hydrogen-bond donors (Lipinski definition) is 0. The number of carbonyl (C=O) groups excluding carboxylic acids is 1. The SMILES string of the molecule is Cc1c(C(=O)OC(C)C)nc(Br)n1S(C)(=O)=O. The number of esters is 1. The van der Waals surface area contributed by atoms with E-state index in [2.05, 4.69) is 20.9 Å². The van der Waals surface area contributed by atoms with Crippen LogP contribution in [0.1, 0.15) is 30.0 Å². The molecule has 0 radical (unpaired) electrons. The van der Waals surface area contributed by atoms with Crippen LogP contribution in [0, 0.1) is 6.92 Å². The van der Waals surface area contributed by atoms with Crippen LogP contribution < -0.4 is 0 Å². The van der Waals surface area contributed by atoms with E-state index in [1.165, 1.54) is 6.92 Å². The molecular weight excluding hydrogens is 312 g/mol. The number of carbonyl (C=O) groups is 1. The lowest BCUT2D eigenvalue weighted by atomic mass is 10.3. The van der Waals surface area contributed by atoms with Crippen molar-refractivity contribution in [2.75, 3.05) is 6.26 Å². The van der Waals surface area contributed by atoms with Gasteiger partial charge in [0.05, 0.1) is 18.1 Å². The topological polar surface area (TPSA) is 78.3 Å². The highest BCUT2D eigenvalue weighted by atomic mass is 79.9. The summed E-state index contributed by atoms with van der Waals surface area (Å²) in [5.41, 5.74) is 0.223. The van der Waals surface area contributed by atoms with Crippen LogP contribution in [0.3, 0.4) is 0 Å². The summed E-state index contributed by atoms with van der Waals surface area (Å²) < 4.78 is 28.9. The van der Waals surface area contributed by atoms with Crippen molar-refractivity contribution in [1.29, 1.82) is 0 Å². The molecule has 8 heteroatoms. The third-order valence-electron chi connectivity index (χ3n) is 1.89. The van der Waals surface area contributed by atoms with Crippen LogP contribution in [0.25, 0.3) is 0 Å². The maximum Gasteiger partial charge on any atom is 0.359 e. The van der Waals surface area contributed by atoms with Crippen LogP contribution in [0.2, 0.25) is 0 Å². The monoisotopic (exact) mass is 324 g/mol. The van der Waals surface area contributed by atoms with E-state index in [0.29, 0.717) is 0 Å². The molecule has 0 aliphatic heterocycles. The van der Waals surface area contributed by atoms with E-state index in [0.717, 1.165) is 10.2 Å². The van der Waals surface area contributed by atoms with Crippen LogP contribution in [-0.4, -0.2) is 35.7 Å². The Bertz CT molecular complexity index is 548. The first-order valence-electron chi connectivity index (χ1n) is 4.81.